The minimum absolute atomic E-state index is 0.213. The number of hydrogen-bond donors (Lipinski definition) is 1. The van der Waals surface area contributed by atoms with Gasteiger partial charge in [-0.1, -0.05) is 23.9 Å². The molecule has 0 aliphatic carbocycles. The molecule has 1 fully saturated rings. The molecule has 0 bridgehead atoms. The van der Waals surface area contributed by atoms with Gasteiger partial charge in [0.2, 0.25) is 0 Å². The molecule has 3 nitrogen and oxygen atoms in total. The Morgan fingerprint density at radius 3 is 3.17 bits per heavy atom. The fourth-order valence-electron chi connectivity index (χ4n) is 2.11. The van der Waals surface area contributed by atoms with Crippen LogP contribution in [0.2, 0.25) is 0 Å². The molecule has 2 unspecified atom stereocenters. The number of thiazole rings is 1. The molecular formula is C13H16N2OS2. The second kappa shape index (κ2) is 5.57. The summed E-state index contributed by atoms with van der Waals surface area (Å²) in [5, 5.41) is 0. The number of thioether (sulfide) groups is 1. The molecule has 1 aromatic carbocycles. The standard InChI is InChI=1S/C13H16N2OS2/c14-10(9-5-6-16-7-9)8-17-13-15-11-3-1-2-4-12(11)18-13/h1-4,9-10H,5-8,14H2. The highest BCUT2D eigenvalue weighted by Crippen LogP contribution is 2.30. The van der Waals surface area contributed by atoms with E-state index in [4.69, 9.17) is 10.5 Å². The molecule has 0 amide bonds. The van der Waals surface area contributed by atoms with E-state index in [9.17, 15) is 0 Å². The van der Waals surface area contributed by atoms with Crippen molar-refractivity contribution in [1.29, 1.82) is 0 Å². The Balaban J connectivity index is 1.62. The molecular weight excluding hydrogens is 264 g/mol. The average molecular weight is 280 g/mol. The summed E-state index contributed by atoms with van der Waals surface area (Å²) in [6.07, 6.45) is 1.10. The Hall–Kier alpha value is -0.620. The highest BCUT2D eigenvalue weighted by Gasteiger charge is 2.23. The zero-order chi connectivity index (χ0) is 12.4. The van der Waals surface area contributed by atoms with E-state index in [1.165, 1.54) is 4.70 Å². The number of aromatic nitrogens is 1. The Bertz CT molecular complexity index is 489. The second-order valence-corrected chi connectivity index (χ2v) is 6.84. The summed E-state index contributed by atoms with van der Waals surface area (Å²) in [5.41, 5.74) is 7.28. The summed E-state index contributed by atoms with van der Waals surface area (Å²) in [5.74, 6) is 1.44. The van der Waals surface area contributed by atoms with Crippen molar-refractivity contribution < 1.29 is 4.74 Å². The van der Waals surface area contributed by atoms with Crippen LogP contribution in [-0.4, -0.2) is 30.0 Å². The summed E-state index contributed by atoms with van der Waals surface area (Å²) < 4.78 is 7.74. The van der Waals surface area contributed by atoms with E-state index >= 15 is 0 Å². The van der Waals surface area contributed by atoms with Crippen LogP contribution < -0.4 is 5.73 Å². The van der Waals surface area contributed by atoms with Crippen LogP contribution >= 0.6 is 23.1 Å². The van der Waals surface area contributed by atoms with Gasteiger partial charge < -0.3 is 10.5 Å². The number of fused-ring (bicyclic) bond motifs is 1. The number of para-hydroxylation sites is 1. The first-order chi connectivity index (χ1) is 8.83. The van der Waals surface area contributed by atoms with Gasteiger partial charge in [-0.15, -0.1) is 11.3 Å². The molecule has 5 heteroatoms. The Kier molecular flexibility index (Phi) is 3.84. The number of benzene rings is 1. The van der Waals surface area contributed by atoms with Crippen molar-refractivity contribution in [2.75, 3.05) is 19.0 Å². The molecule has 2 atom stereocenters. The molecule has 96 valence electrons. The lowest BCUT2D eigenvalue weighted by Gasteiger charge is -2.15. The van der Waals surface area contributed by atoms with Crippen LogP contribution in [0.5, 0.6) is 0 Å². The van der Waals surface area contributed by atoms with E-state index in [0.29, 0.717) is 5.92 Å². The molecule has 2 N–H and O–H groups in total. The van der Waals surface area contributed by atoms with Crippen molar-refractivity contribution in [3.63, 3.8) is 0 Å². The van der Waals surface area contributed by atoms with Gasteiger partial charge in [0, 0.05) is 24.3 Å². The molecule has 18 heavy (non-hydrogen) atoms. The van der Waals surface area contributed by atoms with Crippen LogP contribution in [-0.2, 0) is 4.74 Å². The van der Waals surface area contributed by atoms with Gasteiger partial charge in [-0.2, -0.15) is 0 Å². The summed E-state index contributed by atoms with van der Waals surface area (Å²) >= 11 is 3.51. The van der Waals surface area contributed by atoms with Crippen molar-refractivity contribution >= 4 is 33.3 Å². The van der Waals surface area contributed by atoms with Gasteiger partial charge in [0.1, 0.15) is 0 Å². The number of ether oxygens (including phenoxy) is 1. The largest absolute Gasteiger partial charge is 0.381 e. The second-order valence-electron chi connectivity index (χ2n) is 4.55. The summed E-state index contributed by atoms with van der Waals surface area (Å²) in [4.78, 5) is 4.61. The van der Waals surface area contributed by atoms with Gasteiger partial charge in [-0.25, -0.2) is 4.98 Å². The van der Waals surface area contributed by atoms with Gasteiger partial charge in [-0.3, -0.25) is 0 Å². The lowest BCUT2D eigenvalue weighted by Crippen LogP contribution is -2.32. The van der Waals surface area contributed by atoms with Crippen molar-refractivity contribution in [3.05, 3.63) is 24.3 Å². The first-order valence-electron chi connectivity index (χ1n) is 6.14. The lowest BCUT2D eigenvalue weighted by atomic mass is 10.0. The van der Waals surface area contributed by atoms with Crippen molar-refractivity contribution in [1.82, 2.24) is 4.98 Å². The first-order valence-corrected chi connectivity index (χ1v) is 7.95. The predicted molar refractivity (Wildman–Crippen MR) is 77.2 cm³/mol. The maximum atomic E-state index is 6.20. The quantitative estimate of drug-likeness (QED) is 0.875. The number of nitrogens with zero attached hydrogens (tertiary/aromatic N) is 1. The van der Waals surface area contributed by atoms with E-state index in [2.05, 4.69) is 23.2 Å². The van der Waals surface area contributed by atoms with Crippen molar-refractivity contribution in [2.45, 2.75) is 16.8 Å². The Morgan fingerprint density at radius 1 is 1.50 bits per heavy atom. The van der Waals surface area contributed by atoms with Gasteiger partial charge in [0.15, 0.2) is 4.34 Å². The monoisotopic (exact) mass is 280 g/mol. The van der Waals surface area contributed by atoms with Crippen LogP contribution in [0.1, 0.15) is 6.42 Å². The number of nitrogens with two attached hydrogens (primary N) is 1. The SMILES string of the molecule is NC(CSc1nc2ccccc2s1)C1CCOC1. The van der Waals surface area contributed by atoms with Gasteiger partial charge in [0.05, 0.1) is 16.8 Å². The third kappa shape index (κ3) is 2.69. The molecule has 0 spiro atoms. The van der Waals surface area contributed by atoms with Crippen LogP contribution in [0.4, 0.5) is 0 Å². The summed E-state index contributed by atoms with van der Waals surface area (Å²) in [6, 6.07) is 8.46. The van der Waals surface area contributed by atoms with Crippen LogP contribution in [0.3, 0.4) is 0 Å². The fraction of sp³-hybridized carbons (Fsp3) is 0.462. The van der Waals surface area contributed by atoms with E-state index in [1.807, 2.05) is 6.07 Å². The van der Waals surface area contributed by atoms with Crippen molar-refractivity contribution in [2.24, 2.45) is 11.7 Å². The minimum Gasteiger partial charge on any atom is -0.381 e. The molecule has 1 aliphatic heterocycles. The average Bonchev–Trinajstić information content (AvgIpc) is 3.04. The molecule has 1 aromatic heterocycles. The lowest BCUT2D eigenvalue weighted by molar-refractivity contribution is 0.182. The number of hydrogen-bond acceptors (Lipinski definition) is 5. The van der Waals surface area contributed by atoms with Crippen LogP contribution in [0.15, 0.2) is 28.6 Å². The maximum absolute atomic E-state index is 6.20. The molecule has 2 heterocycles. The molecule has 0 saturated carbocycles. The zero-order valence-electron chi connectivity index (χ0n) is 10.0. The highest BCUT2D eigenvalue weighted by molar-refractivity contribution is 8.01. The molecule has 3 rings (SSSR count). The van der Waals surface area contributed by atoms with Crippen LogP contribution in [0, 0.1) is 5.92 Å². The topological polar surface area (TPSA) is 48.1 Å². The third-order valence-corrected chi connectivity index (χ3v) is 5.57. The van der Waals surface area contributed by atoms with Crippen molar-refractivity contribution in [3.8, 4) is 0 Å². The maximum Gasteiger partial charge on any atom is 0.151 e. The van der Waals surface area contributed by atoms with E-state index in [0.717, 1.165) is 35.2 Å². The fourth-order valence-corrected chi connectivity index (χ4v) is 4.28. The first kappa shape index (κ1) is 12.4. The molecule has 2 aromatic rings. The predicted octanol–water partition coefficient (Wildman–Crippen LogP) is 2.75. The van der Waals surface area contributed by atoms with E-state index in [-0.39, 0.29) is 6.04 Å². The molecule has 1 saturated heterocycles. The van der Waals surface area contributed by atoms with Gasteiger partial charge >= 0.3 is 0 Å². The zero-order valence-corrected chi connectivity index (χ0v) is 11.7. The van der Waals surface area contributed by atoms with Gasteiger partial charge in [-0.05, 0) is 18.6 Å². The normalized spacial score (nSPS) is 21.5. The Labute approximate surface area is 115 Å². The molecule has 1 aliphatic rings. The Morgan fingerprint density at radius 2 is 2.39 bits per heavy atom. The van der Waals surface area contributed by atoms with Gasteiger partial charge in [0.25, 0.3) is 0 Å². The highest BCUT2D eigenvalue weighted by atomic mass is 32.2. The smallest absolute Gasteiger partial charge is 0.151 e. The summed E-state index contributed by atoms with van der Waals surface area (Å²) in [6.45, 7) is 1.69. The van der Waals surface area contributed by atoms with E-state index < -0.39 is 0 Å². The summed E-state index contributed by atoms with van der Waals surface area (Å²) in [7, 11) is 0. The van der Waals surface area contributed by atoms with Crippen LogP contribution in [0.25, 0.3) is 10.2 Å². The van der Waals surface area contributed by atoms with E-state index in [1.54, 1.807) is 23.1 Å². The third-order valence-electron chi connectivity index (χ3n) is 3.24. The number of rotatable bonds is 4. The molecule has 0 radical (unpaired) electrons. The minimum atomic E-state index is 0.213.